The molecule has 0 saturated carbocycles. The number of amides is 1. The minimum Gasteiger partial charge on any atom is -0.444 e. The van der Waals surface area contributed by atoms with Crippen molar-refractivity contribution in [3.05, 3.63) is 58.7 Å². The van der Waals surface area contributed by atoms with Crippen molar-refractivity contribution in [2.75, 3.05) is 0 Å². The number of hydrogen-bond acceptors (Lipinski definition) is 4. The molecular weight excluding hydrogens is 356 g/mol. The van der Waals surface area contributed by atoms with Crippen LogP contribution in [-0.4, -0.2) is 16.6 Å². The van der Waals surface area contributed by atoms with E-state index in [9.17, 15) is 4.79 Å². The highest BCUT2D eigenvalue weighted by Gasteiger charge is 2.30. The van der Waals surface area contributed by atoms with Crippen LogP contribution in [0.3, 0.4) is 0 Å². The summed E-state index contributed by atoms with van der Waals surface area (Å²) in [7, 11) is 0. The van der Waals surface area contributed by atoms with Crippen LogP contribution in [0.25, 0.3) is 11.1 Å². The van der Waals surface area contributed by atoms with E-state index in [0.717, 1.165) is 27.8 Å². The van der Waals surface area contributed by atoms with Gasteiger partial charge in [0, 0.05) is 11.8 Å². The van der Waals surface area contributed by atoms with Gasteiger partial charge in [0.05, 0.1) is 18.2 Å². The van der Waals surface area contributed by atoms with Gasteiger partial charge in [-0.3, -0.25) is 4.90 Å². The van der Waals surface area contributed by atoms with Gasteiger partial charge >= 0.3 is 6.09 Å². The summed E-state index contributed by atoms with van der Waals surface area (Å²) in [4.78, 5) is 14.3. The fourth-order valence-corrected chi connectivity index (χ4v) is 3.36. The summed E-state index contributed by atoms with van der Waals surface area (Å²) in [6.07, 6.45) is -0.301. The molecule has 0 fully saturated rings. The number of ether oxygens (including phenoxy) is 1. The van der Waals surface area contributed by atoms with Gasteiger partial charge in [-0.05, 0) is 73.7 Å². The predicted octanol–water partition coefficient (Wildman–Crippen LogP) is 5.47. The van der Waals surface area contributed by atoms with Crippen molar-refractivity contribution >= 4 is 18.7 Å². The van der Waals surface area contributed by atoms with Crippen LogP contribution in [0.15, 0.2) is 36.4 Å². The molecule has 2 aromatic rings. The molecule has 140 valence electrons. The largest absolute Gasteiger partial charge is 0.444 e. The molecule has 27 heavy (non-hydrogen) atoms. The molecule has 0 aromatic heterocycles. The third kappa shape index (κ3) is 4.28. The zero-order chi connectivity index (χ0) is 19.8. The number of benzene rings is 2. The standard InChI is InChI=1S/C22H24N2O2S/c1-14(27)17-9-18-12-24(21(25)26-22(2,3)4)13-20(18)19(10-17)16-7-5-15(11-23)6-8-16/h5-10,14,27H,12-13H2,1-4H3. The maximum atomic E-state index is 12.5. The minimum absolute atomic E-state index is 0.0861. The van der Waals surface area contributed by atoms with E-state index < -0.39 is 5.60 Å². The quantitative estimate of drug-likeness (QED) is 0.703. The number of rotatable bonds is 2. The third-order valence-electron chi connectivity index (χ3n) is 4.53. The first kappa shape index (κ1) is 19.3. The van der Waals surface area contributed by atoms with Crippen LogP contribution in [0.4, 0.5) is 4.79 Å². The minimum atomic E-state index is -0.521. The Kier molecular flexibility index (Phi) is 5.21. The molecule has 1 aliphatic rings. The molecule has 0 radical (unpaired) electrons. The number of fused-ring (bicyclic) bond motifs is 1. The molecule has 0 bridgehead atoms. The molecule has 0 aliphatic carbocycles. The second-order valence-electron chi connectivity index (χ2n) is 7.91. The highest BCUT2D eigenvalue weighted by molar-refractivity contribution is 7.80. The van der Waals surface area contributed by atoms with E-state index in [0.29, 0.717) is 18.7 Å². The summed E-state index contributed by atoms with van der Waals surface area (Å²) in [5, 5.41) is 9.13. The second-order valence-corrected chi connectivity index (χ2v) is 8.68. The Balaban J connectivity index is 2.00. The van der Waals surface area contributed by atoms with Crippen molar-refractivity contribution in [2.45, 2.75) is 51.6 Å². The van der Waals surface area contributed by atoms with Crippen molar-refractivity contribution < 1.29 is 9.53 Å². The average molecular weight is 381 g/mol. The molecule has 2 aromatic carbocycles. The van der Waals surface area contributed by atoms with Gasteiger partial charge in [0.2, 0.25) is 0 Å². The van der Waals surface area contributed by atoms with Crippen LogP contribution in [0, 0.1) is 11.3 Å². The van der Waals surface area contributed by atoms with E-state index in [1.165, 1.54) is 0 Å². The Labute approximate surface area is 166 Å². The zero-order valence-electron chi connectivity index (χ0n) is 16.1. The monoisotopic (exact) mass is 380 g/mol. The lowest BCUT2D eigenvalue weighted by Gasteiger charge is -2.24. The van der Waals surface area contributed by atoms with Crippen LogP contribution < -0.4 is 0 Å². The van der Waals surface area contributed by atoms with Crippen LogP contribution >= 0.6 is 12.6 Å². The summed E-state index contributed by atoms with van der Waals surface area (Å²) in [6.45, 7) is 8.70. The van der Waals surface area contributed by atoms with Crippen LogP contribution in [0.2, 0.25) is 0 Å². The first-order chi connectivity index (χ1) is 12.7. The number of nitrogens with zero attached hydrogens (tertiary/aromatic N) is 2. The van der Waals surface area contributed by atoms with Gasteiger partial charge in [-0.25, -0.2) is 4.79 Å². The Morgan fingerprint density at radius 1 is 1.22 bits per heavy atom. The topological polar surface area (TPSA) is 53.3 Å². The maximum absolute atomic E-state index is 12.5. The lowest BCUT2D eigenvalue weighted by Crippen LogP contribution is -2.33. The summed E-state index contributed by atoms with van der Waals surface area (Å²) in [5.41, 5.74) is 5.59. The maximum Gasteiger partial charge on any atom is 0.410 e. The first-order valence-electron chi connectivity index (χ1n) is 9.00. The molecule has 5 heteroatoms. The summed E-state index contributed by atoms with van der Waals surface area (Å²) < 4.78 is 5.54. The molecule has 4 nitrogen and oxygen atoms in total. The molecule has 3 rings (SSSR count). The number of thiol groups is 1. The highest BCUT2D eigenvalue weighted by Crippen LogP contribution is 2.37. The van der Waals surface area contributed by atoms with E-state index >= 15 is 0 Å². The predicted molar refractivity (Wildman–Crippen MR) is 109 cm³/mol. The SMILES string of the molecule is CC(S)c1cc2c(c(-c3ccc(C#N)cc3)c1)CN(C(=O)OC(C)(C)C)C2. The molecular formula is C22H24N2O2S. The second kappa shape index (κ2) is 7.28. The van der Waals surface area contributed by atoms with E-state index in [1.54, 1.807) is 4.90 Å². The van der Waals surface area contributed by atoms with E-state index in [2.05, 4.69) is 30.8 Å². The molecule has 1 aliphatic heterocycles. The Bertz CT molecular complexity index is 906. The molecule has 1 heterocycles. The molecule has 1 atom stereocenters. The van der Waals surface area contributed by atoms with Crippen LogP contribution in [-0.2, 0) is 17.8 Å². The molecule has 1 amide bonds. The van der Waals surface area contributed by atoms with E-state index in [1.807, 2.05) is 52.0 Å². The first-order valence-corrected chi connectivity index (χ1v) is 9.52. The van der Waals surface area contributed by atoms with Gasteiger partial charge in [-0.1, -0.05) is 18.2 Å². The lowest BCUT2D eigenvalue weighted by molar-refractivity contribution is 0.0242. The number of hydrogen-bond donors (Lipinski definition) is 1. The highest BCUT2D eigenvalue weighted by atomic mass is 32.1. The fourth-order valence-electron chi connectivity index (χ4n) is 3.22. The average Bonchev–Trinajstić information content (AvgIpc) is 3.04. The third-order valence-corrected chi connectivity index (χ3v) is 4.83. The van der Waals surface area contributed by atoms with E-state index in [4.69, 9.17) is 10.00 Å². The van der Waals surface area contributed by atoms with Crippen LogP contribution in [0.5, 0.6) is 0 Å². The van der Waals surface area contributed by atoms with Crippen molar-refractivity contribution in [3.8, 4) is 17.2 Å². The summed E-state index contributed by atoms with van der Waals surface area (Å²) in [5.74, 6) is 0. The van der Waals surface area contributed by atoms with Crippen molar-refractivity contribution in [1.29, 1.82) is 5.26 Å². The van der Waals surface area contributed by atoms with Crippen LogP contribution in [0.1, 0.15) is 55.2 Å². The normalized spacial score (nSPS) is 14.4. The van der Waals surface area contributed by atoms with Gasteiger partial charge in [-0.2, -0.15) is 17.9 Å². The summed E-state index contributed by atoms with van der Waals surface area (Å²) >= 11 is 4.59. The van der Waals surface area contributed by atoms with Crippen molar-refractivity contribution in [2.24, 2.45) is 0 Å². The number of carbonyl (C=O) groups excluding carboxylic acids is 1. The number of carbonyl (C=O) groups is 1. The van der Waals surface area contributed by atoms with Gasteiger partial charge in [0.1, 0.15) is 5.60 Å². The lowest BCUT2D eigenvalue weighted by atomic mass is 9.93. The van der Waals surface area contributed by atoms with E-state index in [-0.39, 0.29) is 11.3 Å². The zero-order valence-corrected chi connectivity index (χ0v) is 17.0. The Morgan fingerprint density at radius 2 is 1.89 bits per heavy atom. The Hall–Kier alpha value is -2.45. The Morgan fingerprint density at radius 3 is 2.44 bits per heavy atom. The fraction of sp³-hybridized carbons (Fsp3) is 0.364. The van der Waals surface area contributed by atoms with Gasteiger partial charge in [0.15, 0.2) is 0 Å². The molecule has 0 spiro atoms. The van der Waals surface area contributed by atoms with Gasteiger partial charge in [-0.15, -0.1) is 0 Å². The molecule has 1 unspecified atom stereocenters. The smallest absolute Gasteiger partial charge is 0.410 e. The molecule has 0 N–H and O–H groups in total. The number of nitriles is 1. The van der Waals surface area contributed by atoms with Crippen molar-refractivity contribution in [1.82, 2.24) is 4.90 Å². The summed E-state index contributed by atoms with van der Waals surface area (Å²) in [6, 6.07) is 14.0. The van der Waals surface area contributed by atoms with Gasteiger partial charge < -0.3 is 4.74 Å². The van der Waals surface area contributed by atoms with Crippen molar-refractivity contribution in [3.63, 3.8) is 0 Å². The van der Waals surface area contributed by atoms with Gasteiger partial charge in [0.25, 0.3) is 0 Å². The molecule has 0 saturated heterocycles.